The second kappa shape index (κ2) is 8.72. The van der Waals surface area contributed by atoms with Crippen LogP contribution in [0.5, 0.6) is 0 Å². The number of rotatable bonds is 5. The molecule has 4 nitrogen and oxygen atoms in total. The van der Waals surface area contributed by atoms with Crippen LogP contribution in [-0.2, 0) is 6.42 Å². The molecule has 0 saturated heterocycles. The number of nitrogens with one attached hydrogen (secondary N) is 1. The first-order valence-corrected chi connectivity index (χ1v) is 8.98. The van der Waals surface area contributed by atoms with Crippen molar-refractivity contribution >= 4 is 24.0 Å². The topological polar surface area (TPSA) is 35.6 Å². The van der Waals surface area contributed by atoms with Crippen LogP contribution in [-0.4, -0.2) is 55.5 Å². The molecule has 1 aromatic rings. The number of likely N-dealkylation sites (N-methyl/N-ethyl adjacent to an activating group) is 1. The molecule has 0 spiro atoms. The largest absolute Gasteiger partial charge is 0.385 e. The Morgan fingerprint density at radius 1 is 1.17 bits per heavy atom. The van der Waals surface area contributed by atoms with Crippen molar-refractivity contribution in [2.45, 2.75) is 44.6 Å². The molecule has 2 aliphatic rings. The van der Waals surface area contributed by atoms with Crippen LogP contribution in [0.1, 0.15) is 48.0 Å². The van der Waals surface area contributed by atoms with Gasteiger partial charge in [-0.15, -0.1) is 12.4 Å². The lowest BCUT2D eigenvalue weighted by molar-refractivity contribution is 0.0666. The second-order valence-corrected chi connectivity index (χ2v) is 7.10. The monoisotopic (exact) mass is 351 g/mol. The molecular weight excluding hydrogens is 322 g/mol. The number of benzene rings is 1. The summed E-state index contributed by atoms with van der Waals surface area (Å²) >= 11 is 0. The molecule has 1 aliphatic carbocycles. The third-order valence-corrected chi connectivity index (χ3v) is 5.14. The van der Waals surface area contributed by atoms with Crippen LogP contribution < -0.4 is 5.32 Å². The number of fused-ring (bicyclic) bond motifs is 1. The van der Waals surface area contributed by atoms with Crippen molar-refractivity contribution in [1.82, 2.24) is 9.80 Å². The molecule has 24 heavy (non-hydrogen) atoms. The van der Waals surface area contributed by atoms with Gasteiger partial charge in [0.2, 0.25) is 0 Å². The van der Waals surface area contributed by atoms with E-state index in [1.807, 2.05) is 12.1 Å². The Balaban J connectivity index is 0.00000208. The minimum Gasteiger partial charge on any atom is -0.385 e. The summed E-state index contributed by atoms with van der Waals surface area (Å²) in [5.41, 5.74) is 3.29. The molecule has 1 N–H and O–H groups in total. The summed E-state index contributed by atoms with van der Waals surface area (Å²) in [5, 5.41) is 3.44. The van der Waals surface area contributed by atoms with E-state index in [-0.39, 0.29) is 18.3 Å². The number of hydrogen-bond acceptors (Lipinski definition) is 3. The Hall–Kier alpha value is -1.26. The Kier molecular flexibility index (Phi) is 6.93. The fourth-order valence-corrected chi connectivity index (χ4v) is 3.84. The minimum absolute atomic E-state index is 0. The molecule has 0 aromatic heterocycles. The van der Waals surface area contributed by atoms with Gasteiger partial charge in [-0.1, -0.05) is 18.9 Å². The van der Waals surface area contributed by atoms with Gasteiger partial charge in [0, 0.05) is 36.9 Å². The first-order valence-electron chi connectivity index (χ1n) is 8.98. The van der Waals surface area contributed by atoms with Crippen LogP contribution in [0.2, 0.25) is 0 Å². The first-order chi connectivity index (χ1) is 11.2. The van der Waals surface area contributed by atoms with E-state index in [0.717, 1.165) is 56.6 Å². The van der Waals surface area contributed by atoms with Gasteiger partial charge in [-0.2, -0.15) is 0 Å². The van der Waals surface area contributed by atoms with Crippen LogP contribution >= 0.6 is 12.4 Å². The molecule has 134 valence electrons. The molecule has 1 amide bonds. The van der Waals surface area contributed by atoms with E-state index in [1.165, 1.54) is 18.4 Å². The fourth-order valence-electron chi connectivity index (χ4n) is 3.84. The van der Waals surface area contributed by atoms with Crippen molar-refractivity contribution in [3.05, 3.63) is 29.3 Å². The lowest BCUT2D eigenvalue weighted by Crippen LogP contribution is -2.43. The second-order valence-electron chi connectivity index (χ2n) is 7.10. The number of nitrogens with zero attached hydrogens (tertiary/aromatic N) is 2. The van der Waals surface area contributed by atoms with Crippen molar-refractivity contribution in [3.63, 3.8) is 0 Å². The zero-order valence-electron chi connectivity index (χ0n) is 14.9. The van der Waals surface area contributed by atoms with Crippen molar-refractivity contribution in [1.29, 1.82) is 0 Å². The number of anilines is 1. The maximum absolute atomic E-state index is 13.3. The van der Waals surface area contributed by atoms with E-state index in [1.54, 1.807) is 0 Å². The summed E-state index contributed by atoms with van der Waals surface area (Å²) < 4.78 is 0. The van der Waals surface area contributed by atoms with Gasteiger partial charge in [0.05, 0.1) is 0 Å². The van der Waals surface area contributed by atoms with Gasteiger partial charge in [0.25, 0.3) is 5.91 Å². The molecule has 1 fully saturated rings. The quantitative estimate of drug-likeness (QED) is 0.883. The third kappa shape index (κ3) is 4.22. The van der Waals surface area contributed by atoms with Gasteiger partial charge in [-0.3, -0.25) is 4.79 Å². The van der Waals surface area contributed by atoms with E-state index in [0.29, 0.717) is 6.04 Å². The highest BCUT2D eigenvalue weighted by molar-refractivity contribution is 5.97. The molecule has 0 atom stereocenters. The van der Waals surface area contributed by atoms with Gasteiger partial charge in [0.15, 0.2) is 0 Å². The summed E-state index contributed by atoms with van der Waals surface area (Å²) in [4.78, 5) is 17.6. The Morgan fingerprint density at radius 2 is 1.92 bits per heavy atom. The predicted molar refractivity (Wildman–Crippen MR) is 102 cm³/mol. The Labute approximate surface area is 152 Å². The number of hydrogen-bond donors (Lipinski definition) is 1. The highest BCUT2D eigenvalue weighted by Gasteiger charge is 2.29. The van der Waals surface area contributed by atoms with E-state index < -0.39 is 0 Å². The van der Waals surface area contributed by atoms with Crippen molar-refractivity contribution < 1.29 is 4.79 Å². The smallest absolute Gasteiger partial charge is 0.254 e. The van der Waals surface area contributed by atoms with Crippen LogP contribution in [0.4, 0.5) is 5.69 Å². The van der Waals surface area contributed by atoms with Crippen molar-refractivity contribution in [2.24, 2.45) is 0 Å². The molecular formula is C19H30ClN3O. The summed E-state index contributed by atoms with van der Waals surface area (Å²) in [5.74, 6) is 0.235. The fraction of sp³-hybridized carbons (Fsp3) is 0.632. The molecule has 3 rings (SSSR count). The van der Waals surface area contributed by atoms with Crippen molar-refractivity contribution in [3.8, 4) is 0 Å². The van der Waals surface area contributed by atoms with Gasteiger partial charge in [0.1, 0.15) is 0 Å². The molecule has 0 unspecified atom stereocenters. The standard InChI is InChI=1S/C19H29N3O.ClH/c1-21(2)13-14-22(15-7-3-4-8-15)19(23)17-9-5-11-18-16(17)10-6-12-20-18;/h5,9,11,15,20H,3-4,6-8,10,12-14H2,1-2H3;1H. The Morgan fingerprint density at radius 3 is 2.62 bits per heavy atom. The van der Waals surface area contributed by atoms with Crippen LogP contribution in [0.3, 0.4) is 0 Å². The number of carbonyl (C=O) groups excluding carboxylic acids is 1. The summed E-state index contributed by atoms with van der Waals surface area (Å²) in [6.45, 7) is 2.76. The highest BCUT2D eigenvalue weighted by Crippen LogP contribution is 2.29. The maximum Gasteiger partial charge on any atom is 0.254 e. The molecule has 1 aliphatic heterocycles. The van der Waals surface area contributed by atoms with E-state index >= 15 is 0 Å². The number of carbonyl (C=O) groups is 1. The summed E-state index contributed by atoms with van der Waals surface area (Å²) in [6.07, 6.45) is 6.95. The van der Waals surface area contributed by atoms with Gasteiger partial charge >= 0.3 is 0 Å². The zero-order valence-corrected chi connectivity index (χ0v) is 15.7. The average Bonchev–Trinajstić information content (AvgIpc) is 3.08. The normalized spacial score (nSPS) is 17.1. The highest BCUT2D eigenvalue weighted by atomic mass is 35.5. The molecule has 5 heteroatoms. The van der Waals surface area contributed by atoms with Gasteiger partial charge in [-0.05, 0) is 57.5 Å². The molecule has 1 aromatic carbocycles. The van der Waals surface area contributed by atoms with Gasteiger partial charge < -0.3 is 15.1 Å². The molecule has 1 heterocycles. The maximum atomic E-state index is 13.3. The SMILES string of the molecule is CN(C)CCN(C(=O)c1cccc2c1CCCN2)C1CCCC1.Cl. The van der Waals surface area contributed by atoms with Gasteiger partial charge in [-0.25, -0.2) is 0 Å². The minimum atomic E-state index is 0. The average molecular weight is 352 g/mol. The summed E-state index contributed by atoms with van der Waals surface area (Å²) in [7, 11) is 4.15. The van der Waals surface area contributed by atoms with Crippen molar-refractivity contribution in [2.75, 3.05) is 39.0 Å². The van der Waals surface area contributed by atoms with E-state index in [2.05, 4.69) is 35.3 Å². The molecule has 0 radical (unpaired) electrons. The number of amides is 1. The number of halogens is 1. The van der Waals surface area contributed by atoms with E-state index in [9.17, 15) is 4.79 Å². The van der Waals surface area contributed by atoms with Crippen LogP contribution in [0.25, 0.3) is 0 Å². The molecule has 0 bridgehead atoms. The molecule has 1 saturated carbocycles. The Bertz CT molecular complexity index is 556. The van der Waals surface area contributed by atoms with Crippen LogP contribution in [0, 0.1) is 0 Å². The zero-order chi connectivity index (χ0) is 16.2. The van der Waals surface area contributed by atoms with Crippen LogP contribution in [0.15, 0.2) is 18.2 Å². The third-order valence-electron chi connectivity index (χ3n) is 5.14. The van der Waals surface area contributed by atoms with E-state index in [4.69, 9.17) is 0 Å². The predicted octanol–water partition coefficient (Wildman–Crippen LogP) is 3.41. The lowest BCUT2D eigenvalue weighted by Gasteiger charge is -2.32. The first kappa shape index (κ1) is 19.1. The lowest BCUT2D eigenvalue weighted by atomic mass is 9.96. The summed E-state index contributed by atoms with van der Waals surface area (Å²) in [6, 6.07) is 6.56.